The van der Waals surface area contributed by atoms with Crippen molar-refractivity contribution in [3.05, 3.63) is 77.7 Å². The van der Waals surface area contributed by atoms with Gasteiger partial charge in [0.15, 0.2) is 11.5 Å². The molecule has 2 N–H and O–H groups in total. The first-order chi connectivity index (χ1) is 12.6. The van der Waals surface area contributed by atoms with Crippen LogP contribution in [0.3, 0.4) is 0 Å². The van der Waals surface area contributed by atoms with Crippen molar-refractivity contribution in [2.24, 2.45) is 0 Å². The molecule has 0 aliphatic carbocycles. The maximum Gasteiger partial charge on any atom is 0.272 e. The Balaban J connectivity index is 1.57. The lowest BCUT2D eigenvalue weighted by atomic mass is 10.2. The third-order valence-electron chi connectivity index (χ3n) is 3.63. The number of ether oxygens (including phenoxy) is 1. The van der Waals surface area contributed by atoms with Crippen LogP contribution < -0.4 is 15.4 Å². The number of rotatable bonds is 6. The summed E-state index contributed by atoms with van der Waals surface area (Å²) >= 11 is 0. The van der Waals surface area contributed by atoms with Crippen LogP contribution in [0.5, 0.6) is 5.75 Å². The first-order valence-corrected chi connectivity index (χ1v) is 7.91. The van der Waals surface area contributed by atoms with Crippen molar-refractivity contribution in [2.45, 2.75) is 6.54 Å². The van der Waals surface area contributed by atoms with Gasteiger partial charge in [-0.3, -0.25) is 4.79 Å². The molecule has 0 atom stereocenters. The van der Waals surface area contributed by atoms with Crippen LogP contribution in [0.2, 0.25) is 0 Å². The number of methoxy groups -OCH3 is 1. The molecule has 1 amide bonds. The van der Waals surface area contributed by atoms with Crippen LogP contribution >= 0.6 is 0 Å². The van der Waals surface area contributed by atoms with Crippen LogP contribution in [-0.4, -0.2) is 23.2 Å². The van der Waals surface area contributed by atoms with Crippen molar-refractivity contribution in [2.75, 3.05) is 12.4 Å². The van der Waals surface area contributed by atoms with Crippen molar-refractivity contribution >= 4 is 17.4 Å². The number of amides is 1. The van der Waals surface area contributed by atoms with Crippen molar-refractivity contribution in [3.63, 3.8) is 0 Å². The van der Waals surface area contributed by atoms with Crippen LogP contribution in [0.1, 0.15) is 16.1 Å². The minimum Gasteiger partial charge on any atom is -0.497 e. The number of carbonyl (C=O) groups is 1. The average molecular weight is 352 g/mol. The van der Waals surface area contributed by atoms with E-state index in [1.165, 1.54) is 12.1 Å². The van der Waals surface area contributed by atoms with Crippen molar-refractivity contribution in [1.82, 2.24) is 15.5 Å². The molecule has 0 spiro atoms. The van der Waals surface area contributed by atoms with Gasteiger partial charge in [-0.2, -0.15) is 0 Å². The molecule has 7 heteroatoms. The second kappa shape index (κ2) is 8.06. The quantitative estimate of drug-likeness (QED) is 0.712. The van der Waals surface area contributed by atoms with Gasteiger partial charge < -0.3 is 15.4 Å². The first kappa shape index (κ1) is 17.3. The number of nitrogens with zero attached hydrogens (tertiary/aromatic N) is 2. The molecule has 132 valence electrons. The van der Waals surface area contributed by atoms with Crippen LogP contribution in [-0.2, 0) is 6.54 Å². The summed E-state index contributed by atoms with van der Waals surface area (Å²) in [6.45, 7) is 0.284. The SMILES string of the molecule is COc1ccc(Nc2ccc(C(=O)NCc3ccc(F)cc3)nn2)cc1. The molecular formula is C19H17FN4O2. The van der Waals surface area contributed by atoms with E-state index in [-0.39, 0.29) is 24.0 Å². The summed E-state index contributed by atoms with van der Waals surface area (Å²) in [5.74, 6) is 0.615. The van der Waals surface area contributed by atoms with E-state index in [4.69, 9.17) is 4.74 Å². The Morgan fingerprint density at radius 1 is 1.00 bits per heavy atom. The Morgan fingerprint density at radius 2 is 1.73 bits per heavy atom. The predicted octanol–water partition coefficient (Wildman–Crippen LogP) is 3.30. The molecule has 0 fully saturated rings. The zero-order valence-corrected chi connectivity index (χ0v) is 14.1. The lowest BCUT2D eigenvalue weighted by molar-refractivity contribution is 0.0945. The summed E-state index contributed by atoms with van der Waals surface area (Å²) in [5.41, 5.74) is 1.83. The number of benzene rings is 2. The number of aromatic nitrogens is 2. The number of anilines is 2. The summed E-state index contributed by atoms with van der Waals surface area (Å²) in [4.78, 5) is 12.1. The molecule has 3 rings (SSSR count). The highest BCUT2D eigenvalue weighted by Gasteiger charge is 2.08. The molecular weight excluding hydrogens is 335 g/mol. The third kappa shape index (κ3) is 4.54. The van der Waals surface area contributed by atoms with Crippen molar-refractivity contribution in [1.29, 1.82) is 0 Å². The van der Waals surface area contributed by atoms with Crippen LogP contribution in [0, 0.1) is 5.82 Å². The van der Waals surface area contributed by atoms with Gasteiger partial charge in [-0.1, -0.05) is 12.1 Å². The molecule has 6 nitrogen and oxygen atoms in total. The lowest BCUT2D eigenvalue weighted by Gasteiger charge is -2.07. The largest absolute Gasteiger partial charge is 0.497 e. The highest BCUT2D eigenvalue weighted by Crippen LogP contribution is 2.18. The minimum atomic E-state index is -0.349. The number of halogens is 1. The monoisotopic (exact) mass is 352 g/mol. The Morgan fingerprint density at radius 3 is 2.35 bits per heavy atom. The summed E-state index contributed by atoms with van der Waals surface area (Å²) in [6, 6.07) is 16.5. The van der Waals surface area contributed by atoms with Gasteiger partial charge in [0, 0.05) is 12.2 Å². The molecule has 2 aromatic carbocycles. The van der Waals surface area contributed by atoms with E-state index >= 15 is 0 Å². The average Bonchev–Trinajstić information content (AvgIpc) is 2.68. The molecule has 0 radical (unpaired) electrons. The third-order valence-corrected chi connectivity index (χ3v) is 3.63. The summed E-state index contributed by atoms with van der Waals surface area (Å²) in [6.07, 6.45) is 0. The molecule has 0 aliphatic heterocycles. The molecule has 1 aromatic heterocycles. The number of hydrogen-bond donors (Lipinski definition) is 2. The molecule has 0 aliphatic rings. The summed E-state index contributed by atoms with van der Waals surface area (Å²) in [5, 5.41) is 13.7. The van der Waals surface area contributed by atoms with Gasteiger partial charge >= 0.3 is 0 Å². The fourth-order valence-electron chi connectivity index (χ4n) is 2.22. The zero-order chi connectivity index (χ0) is 18.4. The zero-order valence-electron chi connectivity index (χ0n) is 14.1. The van der Waals surface area contributed by atoms with E-state index in [1.54, 1.807) is 31.4 Å². The van der Waals surface area contributed by atoms with Gasteiger partial charge in [0.05, 0.1) is 7.11 Å². The van der Waals surface area contributed by atoms with E-state index in [1.807, 2.05) is 24.3 Å². The second-order valence-corrected chi connectivity index (χ2v) is 5.47. The first-order valence-electron chi connectivity index (χ1n) is 7.91. The van der Waals surface area contributed by atoms with Crippen LogP contribution in [0.4, 0.5) is 15.9 Å². The van der Waals surface area contributed by atoms with Gasteiger partial charge in [0.1, 0.15) is 11.6 Å². The number of nitrogens with one attached hydrogen (secondary N) is 2. The second-order valence-electron chi connectivity index (χ2n) is 5.47. The highest BCUT2D eigenvalue weighted by molar-refractivity contribution is 5.92. The van der Waals surface area contributed by atoms with Gasteiger partial charge in [-0.05, 0) is 54.1 Å². The normalized spacial score (nSPS) is 10.2. The van der Waals surface area contributed by atoms with Gasteiger partial charge in [0.25, 0.3) is 5.91 Å². The predicted molar refractivity (Wildman–Crippen MR) is 95.9 cm³/mol. The minimum absolute atomic E-state index is 0.201. The van der Waals surface area contributed by atoms with Gasteiger partial charge in [-0.15, -0.1) is 10.2 Å². The van der Waals surface area contributed by atoms with E-state index in [2.05, 4.69) is 20.8 Å². The number of carbonyl (C=O) groups excluding carboxylic acids is 1. The maximum absolute atomic E-state index is 12.9. The van der Waals surface area contributed by atoms with Crippen molar-refractivity contribution in [3.8, 4) is 5.75 Å². The van der Waals surface area contributed by atoms with E-state index in [0.717, 1.165) is 17.0 Å². The fourth-order valence-corrected chi connectivity index (χ4v) is 2.22. The van der Waals surface area contributed by atoms with Gasteiger partial charge in [-0.25, -0.2) is 4.39 Å². The Hall–Kier alpha value is -3.48. The maximum atomic E-state index is 12.9. The molecule has 26 heavy (non-hydrogen) atoms. The number of hydrogen-bond acceptors (Lipinski definition) is 5. The Labute approximate surface area is 150 Å². The highest BCUT2D eigenvalue weighted by atomic mass is 19.1. The molecule has 3 aromatic rings. The van der Waals surface area contributed by atoms with E-state index in [0.29, 0.717) is 5.82 Å². The molecule has 0 saturated carbocycles. The Kier molecular flexibility index (Phi) is 5.38. The lowest BCUT2D eigenvalue weighted by Crippen LogP contribution is -2.24. The van der Waals surface area contributed by atoms with Crippen LogP contribution in [0.15, 0.2) is 60.7 Å². The van der Waals surface area contributed by atoms with E-state index in [9.17, 15) is 9.18 Å². The standard InChI is InChI=1S/C19H17FN4O2/c1-26-16-8-6-15(7-9-16)22-18-11-10-17(23-24-18)19(25)21-12-13-2-4-14(20)5-3-13/h2-11H,12H2,1H3,(H,21,25)(H,22,24). The fraction of sp³-hybridized carbons (Fsp3) is 0.105. The summed E-state index contributed by atoms with van der Waals surface area (Å²) < 4.78 is 18.0. The molecule has 1 heterocycles. The summed E-state index contributed by atoms with van der Waals surface area (Å²) in [7, 11) is 1.60. The van der Waals surface area contributed by atoms with E-state index < -0.39 is 0 Å². The van der Waals surface area contributed by atoms with Crippen LogP contribution in [0.25, 0.3) is 0 Å². The molecule has 0 unspecified atom stereocenters. The van der Waals surface area contributed by atoms with Crippen molar-refractivity contribution < 1.29 is 13.9 Å². The topological polar surface area (TPSA) is 76.1 Å². The van der Waals surface area contributed by atoms with Gasteiger partial charge in [0.2, 0.25) is 0 Å². The smallest absolute Gasteiger partial charge is 0.272 e. The molecule has 0 saturated heterocycles. The molecule has 0 bridgehead atoms. The Bertz CT molecular complexity index is 866.